The minimum atomic E-state index is -0.533. The van der Waals surface area contributed by atoms with Crippen molar-refractivity contribution in [2.24, 2.45) is 0 Å². The lowest BCUT2D eigenvalue weighted by molar-refractivity contribution is -0.141. The predicted molar refractivity (Wildman–Crippen MR) is 82.2 cm³/mol. The van der Waals surface area contributed by atoms with Crippen molar-refractivity contribution >= 4 is 6.09 Å². The first-order valence-corrected chi connectivity index (χ1v) is 7.97. The lowest BCUT2D eigenvalue weighted by Gasteiger charge is -2.32. The maximum atomic E-state index is 12.3. The molecule has 1 aliphatic heterocycles. The molecule has 0 N–H and O–H groups in total. The molecule has 5 heteroatoms. The number of carbonyl (C=O) groups excluding carboxylic acids is 1. The van der Waals surface area contributed by atoms with Crippen molar-refractivity contribution in [3.63, 3.8) is 0 Å². The number of amides is 1. The van der Waals surface area contributed by atoms with Crippen LogP contribution < -0.4 is 0 Å². The average Bonchev–Trinajstić information content (AvgIpc) is 2.66. The molecule has 124 valence electrons. The molecular weight excluding hydrogens is 270 g/mol. The Labute approximate surface area is 128 Å². The van der Waals surface area contributed by atoms with Gasteiger partial charge in [0.25, 0.3) is 0 Å². The molecular formula is C16H31NO4. The minimum absolute atomic E-state index is 0.00991. The molecule has 0 aromatic rings. The Morgan fingerprint density at radius 3 is 2.24 bits per heavy atom. The van der Waals surface area contributed by atoms with E-state index in [9.17, 15) is 4.79 Å². The van der Waals surface area contributed by atoms with Crippen LogP contribution in [0, 0.1) is 0 Å². The van der Waals surface area contributed by atoms with Crippen molar-refractivity contribution in [1.29, 1.82) is 0 Å². The van der Waals surface area contributed by atoms with Crippen LogP contribution in [0.25, 0.3) is 0 Å². The van der Waals surface area contributed by atoms with Gasteiger partial charge >= 0.3 is 6.09 Å². The van der Waals surface area contributed by atoms with Gasteiger partial charge in [-0.05, 0) is 48.0 Å². The highest BCUT2D eigenvalue weighted by atomic mass is 16.7. The standard InChI is InChI=1S/C16H31NO4/c1-8-13(9-14-10-19-16(6,7)21-14)20-15(18)17(11(2)3)12(4)5/h11-14H,8-10H2,1-7H3/t13-,14+/m1/s1. The van der Waals surface area contributed by atoms with Crippen molar-refractivity contribution < 1.29 is 19.0 Å². The maximum Gasteiger partial charge on any atom is 0.410 e. The van der Waals surface area contributed by atoms with Crippen LogP contribution in [0.5, 0.6) is 0 Å². The second-order valence-electron chi connectivity index (χ2n) is 6.70. The van der Waals surface area contributed by atoms with Gasteiger partial charge in [0.2, 0.25) is 0 Å². The van der Waals surface area contributed by atoms with E-state index in [1.165, 1.54) is 0 Å². The summed E-state index contributed by atoms with van der Waals surface area (Å²) < 4.78 is 17.0. The number of carbonyl (C=O) groups is 1. The summed E-state index contributed by atoms with van der Waals surface area (Å²) in [5, 5.41) is 0. The molecule has 1 saturated heterocycles. The van der Waals surface area contributed by atoms with E-state index in [1.54, 1.807) is 4.90 Å². The molecule has 21 heavy (non-hydrogen) atoms. The van der Waals surface area contributed by atoms with E-state index in [-0.39, 0.29) is 30.4 Å². The third-order valence-corrected chi connectivity index (χ3v) is 3.64. The van der Waals surface area contributed by atoms with Gasteiger partial charge in [0.1, 0.15) is 6.10 Å². The summed E-state index contributed by atoms with van der Waals surface area (Å²) in [5.74, 6) is -0.533. The Morgan fingerprint density at radius 2 is 1.86 bits per heavy atom. The van der Waals surface area contributed by atoms with E-state index >= 15 is 0 Å². The van der Waals surface area contributed by atoms with E-state index in [4.69, 9.17) is 14.2 Å². The third-order valence-electron chi connectivity index (χ3n) is 3.64. The Bertz CT molecular complexity index is 333. The van der Waals surface area contributed by atoms with Crippen LogP contribution in [0.3, 0.4) is 0 Å². The molecule has 0 unspecified atom stereocenters. The fourth-order valence-electron chi connectivity index (χ4n) is 2.69. The predicted octanol–water partition coefficient (Wildman–Crippen LogP) is 3.56. The normalized spacial score (nSPS) is 22.6. The van der Waals surface area contributed by atoms with Crippen molar-refractivity contribution in [2.75, 3.05) is 6.61 Å². The first kappa shape index (κ1) is 18.2. The summed E-state index contributed by atoms with van der Waals surface area (Å²) in [6.45, 7) is 14.4. The van der Waals surface area contributed by atoms with Gasteiger partial charge in [-0.25, -0.2) is 4.79 Å². The minimum Gasteiger partial charge on any atom is -0.446 e. The largest absolute Gasteiger partial charge is 0.446 e. The highest BCUT2D eigenvalue weighted by Gasteiger charge is 2.35. The van der Waals surface area contributed by atoms with Gasteiger partial charge in [-0.3, -0.25) is 0 Å². The van der Waals surface area contributed by atoms with E-state index in [0.29, 0.717) is 13.0 Å². The highest BCUT2D eigenvalue weighted by Crippen LogP contribution is 2.26. The maximum absolute atomic E-state index is 12.3. The fraction of sp³-hybridized carbons (Fsp3) is 0.938. The van der Waals surface area contributed by atoms with Crippen molar-refractivity contribution in [1.82, 2.24) is 4.90 Å². The molecule has 1 fully saturated rings. The van der Waals surface area contributed by atoms with E-state index in [0.717, 1.165) is 6.42 Å². The van der Waals surface area contributed by atoms with E-state index in [2.05, 4.69) is 0 Å². The molecule has 0 aromatic heterocycles. The molecule has 5 nitrogen and oxygen atoms in total. The zero-order valence-corrected chi connectivity index (χ0v) is 14.5. The summed E-state index contributed by atoms with van der Waals surface area (Å²) in [6.07, 6.45) is 1.06. The van der Waals surface area contributed by atoms with Crippen LogP contribution >= 0.6 is 0 Å². The lowest BCUT2D eigenvalue weighted by Crippen LogP contribution is -2.44. The Morgan fingerprint density at radius 1 is 1.29 bits per heavy atom. The number of hydrogen-bond donors (Lipinski definition) is 0. The van der Waals surface area contributed by atoms with Crippen LogP contribution in [0.2, 0.25) is 0 Å². The first-order chi connectivity index (χ1) is 9.66. The van der Waals surface area contributed by atoms with E-state index < -0.39 is 5.79 Å². The number of hydrogen-bond acceptors (Lipinski definition) is 4. The van der Waals surface area contributed by atoms with Crippen LogP contribution in [0.4, 0.5) is 4.79 Å². The van der Waals surface area contributed by atoms with Crippen LogP contribution in [-0.4, -0.2) is 47.7 Å². The molecule has 2 atom stereocenters. The smallest absolute Gasteiger partial charge is 0.410 e. The molecule has 1 aliphatic rings. The molecule has 0 spiro atoms. The molecule has 0 bridgehead atoms. The quantitative estimate of drug-likeness (QED) is 0.752. The van der Waals surface area contributed by atoms with Crippen LogP contribution in [0.15, 0.2) is 0 Å². The Hall–Kier alpha value is -0.810. The molecule has 1 rings (SSSR count). The lowest BCUT2D eigenvalue weighted by atomic mass is 10.1. The van der Waals surface area contributed by atoms with Gasteiger partial charge in [-0.2, -0.15) is 0 Å². The van der Waals surface area contributed by atoms with Gasteiger partial charge < -0.3 is 19.1 Å². The molecule has 0 saturated carbocycles. The molecule has 0 aliphatic carbocycles. The Balaban J connectivity index is 2.55. The second-order valence-corrected chi connectivity index (χ2v) is 6.70. The van der Waals surface area contributed by atoms with Crippen molar-refractivity contribution in [2.45, 2.75) is 91.4 Å². The average molecular weight is 301 g/mol. The summed E-state index contributed by atoms with van der Waals surface area (Å²) in [7, 11) is 0. The monoisotopic (exact) mass is 301 g/mol. The van der Waals surface area contributed by atoms with Crippen molar-refractivity contribution in [3.8, 4) is 0 Å². The number of nitrogens with zero attached hydrogens (tertiary/aromatic N) is 1. The van der Waals surface area contributed by atoms with Gasteiger partial charge in [0, 0.05) is 18.5 Å². The summed E-state index contributed by atoms with van der Waals surface area (Å²) in [4.78, 5) is 14.1. The van der Waals surface area contributed by atoms with Crippen LogP contribution in [0.1, 0.15) is 61.3 Å². The molecule has 0 radical (unpaired) electrons. The van der Waals surface area contributed by atoms with Crippen LogP contribution in [-0.2, 0) is 14.2 Å². The molecule has 1 heterocycles. The van der Waals surface area contributed by atoms with Gasteiger partial charge in [0.15, 0.2) is 5.79 Å². The zero-order chi connectivity index (χ0) is 16.2. The number of rotatable bonds is 6. The van der Waals surface area contributed by atoms with Gasteiger partial charge in [-0.15, -0.1) is 0 Å². The third kappa shape index (κ3) is 5.47. The van der Waals surface area contributed by atoms with Gasteiger partial charge in [-0.1, -0.05) is 6.92 Å². The molecule has 0 aromatic carbocycles. The van der Waals surface area contributed by atoms with Crippen molar-refractivity contribution in [3.05, 3.63) is 0 Å². The highest BCUT2D eigenvalue weighted by molar-refractivity contribution is 5.68. The van der Waals surface area contributed by atoms with Gasteiger partial charge in [0.05, 0.1) is 12.7 Å². The summed E-state index contributed by atoms with van der Waals surface area (Å²) in [6, 6.07) is 0.250. The summed E-state index contributed by atoms with van der Waals surface area (Å²) >= 11 is 0. The zero-order valence-electron chi connectivity index (χ0n) is 14.5. The second kappa shape index (κ2) is 7.45. The number of ether oxygens (including phenoxy) is 3. The Kier molecular flexibility index (Phi) is 6.47. The summed E-state index contributed by atoms with van der Waals surface area (Å²) in [5.41, 5.74) is 0. The first-order valence-electron chi connectivity index (χ1n) is 7.97. The topological polar surface area (TPSA) is 48.0 Å². The fourth-order valence-corrected chi connectivity index (χ4v) is 2.69. The molecule has 1 amide bonds. The SMILES string of the molecule is CC[C@H](C[C@H]1COC(C)(C)O1)OC(=O)N(C(C)C)C(C)C. The van der Waals surface area contributed by atoms with E-state index in [1.807, 2.05) is 48.5 Å².